The number of guanidine groups is 1. The molecule has 0 spiro atoms. The van der Waals surface area contributed by atoms with Gasteiger partial charge >= 0.3 is 0 Å². The summed E-state index contributed by atoms with van der Waals surface area (Å²) in [5.41, 5.74) is 7.08. The maximum absolute atomic E-state index is 5.97. The predicted molar refractivity (Wildman–Crippen MR) is 103 cm³/mol. The Morgan fingerprint density at radius 1 is 1.22 bits per heavy atom. The number of ether oxygens (including phenoxy) is 3. The molecule has 130 valence electrons. The van der Waals surface area contributed by atoms with E-state index < -0.39 is 0 Å². The normalized spacial score (nSPS) is 15.5. The van der Waals surface area contributed by atoms with Gasteiger partial charge in [0, 0.05) is 32.0 Å². The minimum absolute atomic E-state index is 0. The highest BCUT2D eigenvalue weighted by Gasteiger charge is 2.41. The second-order valence-corrected chi connectivity index (χ2v) is 5.64. The number of nitrogens with two attached hydrogens (primary N) is 1. The van der Waals surface area contributed by atoms with Crippen LogP contribution in [0.5, 0.6) is 11.5 Å². The highest BCUT2D eigenvalue weighted by atomic mass is 127. The average molecular weight is 435 g/mol. The second-order valence-electron chi connectivity index (χ2n) is 5.64. The third-order valence-corrected chi connectivity index (χ3v) is 4.03. The number of hydrogen-bond acceptors (Lipinski definition) is 4. The molecular formula is C16H26IN3O3. The lowest BCUT2D eigenvalue weighted by Gasteiger charge is -2.13. The van der Waals surface area contributed by atoms with E-state index >= 15 is 0 Å². The largest absolute Gasteiger partial charge is 0.493 e. The molecule has 1 aromatic carbocycles. The molecule has 0 saturated heterocycles. The summed E-state index contributed by atoms with van der Waals surface area (Å²) in [6.07, 6.45) is 3.43. The number of nitrogens with one attached hydrogen (secondary N) is 1. The SMILES string of the molecule is COCCC1(CN=C(N)Nc2ccc(OC)c(OC)c2)CC1.I. The summed E-state index contributed by atoms with van der Waals surface area (Å²) in [5, 5.41) is 3.09. The van der Waals surface area contributed by atoms with E-state index in [1.54, 1.807) is 21.3 Å². The Hall–Kier alpha value is -1.22. The van der Waals surface area contributed by atoms with E-state index in [0.717, 1.165) is 25.3 Å². The van der Waals surface area contributed by atoms with Gasteiger partial charge in [0.25, 0.3) is 0 Å². The second kappa shape index (κ2) is 9.17. The van der Waals surface area contributed by atoms with E-state index in [2.05, 4.69) is 10.3 Å². The molecule has 0 unspecified atom stereocenters. The van der Waals surface area contributed by atoms with E-state index in [9.17, 15) is 0 Å². The minimum Gasteiger partial charge on any atom is -0.493 e. The zero-order chi connectivity index (χ0) is 16.0. The lowest BCUT2D eigenvalue weighted by molar-refractivity contribution is 0.174. The molecule has 0 heterocycles. The number of methoxy groups -OCH3 is 3. The van der Waals surface area contributed by atoms with Crippen molar-refractivity contribution in [2.45, 2.75) is 19.3 Å². The number of rotatable bonds is 8. The van der Waals surface area contributed by atoms with Crippen LogP contribution in [0.1, 0.15) is 19.3 Å². The van der Waals surface area contributed by atoms with Gasteiger partial charge in [-0.1, -0.05) is 0 Å². The average Bonchev–Trinajstić information content (AvgIpc) is 3.31. The molecule has 1 saturated carbocycles. The monoisotopic (exact) mass is 435 g/mol. The Balaban J connectivity index is 0.00000264. The number of halogens is 1. The quantitative estimate of drug-likeness (QED) is 0.373. The smallest absolute Gasteiger partial charge is 0.193 e. The Morgan fingerprint density at radius 2 is 1.91 bits per heavy atom. The van der Waals surface area contributed by atoms with Gasteiger partial charge < -0.3 is 25.3 Å². The maximum atomic E-state index is 5.97. The summed E-state index contributed by atoms with van der Waals surface area (Å²) < 4.78 is 15.6. The number of nitrogens with zero attached hydrogens (tertiary/aromatic N) is 1. The van der Waals surface area contributed by atoms with E-state index in [1.165, 1.54) is 12.8 Å². The molecule has 1 aromatic rings. The highest BCUT2D eigenvalue weighted by molar-refractivity contribution is 14.0. The molecule has 3 N–H and O–H groups in total. The fraction of sp³-hybridized carbons (Fsp3) is 0.562. The van der Waals surface area contributed by atoms with E-state index in [0.29, 0.717) is 22.9 Å². The van der Waals surface area contributed by atoms with Crippen molar-refractivity contribution in [1.82, 2.24) is 0 Å². The zero-order valence-corrected chi connectivity index (χ0v) is 16.3. The van der Waals surface area contributed by atoms with E-state index in [-0.39, 0.29) is 24.0 Å². The van der Waals surface area contributed by atoms with Crippen LogP contribution in [0.2, 0.25) is 0 Å². The fourth-order valence-electron chi connectivity index (χ4n) is 2.34. The molecule has 2 rings (SSSR count). The molecule has 7 heteroatoms. The van der Waals surface area contributed by atoms with Gasteiger partial charge in [-0.3, -0.25) is 4.99 Å². The first kappa shape index (κ1) is 19.8. The molecule has 0 bridgehead atoms. The molecule has 1 aliphatic carbocycles. The van der Waals surface area contributed by atoms with Crippen LogP contribution in [0.25, 0.3) is 0 Å². The molecule has 0 aliphatic heterocycles. The topological polar surface area (TPSA) is 78.1 Å². The molecule has 0 radical (unpaired) electrons. The summed E-state index contributed by atoms with van der Waals surface area (Å²) in [6, 6.07) is 5.54. The molecule has 23 heavy (non-hydrogen) atoms. The summed E-state index contributed by atoms with van der Waals surface area (Å²) in [7, 11) is 4.94. The van der Waals surface area contributed by atoms with Gasteiger partial charge in [-0.05, 0) is 36.8 Å². The Kier molecular flexibility index (Phi) is 7.90. The van der Waals surface area contributed by atoms with Crippen LogP contribution < -0.4 is 20.5 Å². The number of benzene rings is 1. The third kappa shape index (κ3) is 5.72. The molecule has 0 amide bonds. The summed E-state index contributed by atoms with van der Waals surface area (Å²) in [4.78, 5) is 4.46. The predicted octanol–water partition coefficient (Wildman–Crippen LogP) is 2.87. The lowest BCUT2D eigenvalue weighted by Crippen LogP contribution is -2.24. The van der Waals surface area contributed by atoms with Crippen molar-refractivity contribution in [1.29, 1.82) is 0 Å². The first-order valence-electron chi connectivity index (χ1n) is 7.40. The van der Waals surface area contributed by atoms with Gasteiger partial charge in [0.2, 0.25) is 0 Å². The Labute approximate surface area is 154 Å². The molecule has 0 aromatic heterocycles. The van der Waals surface area contributed by atoms with E-state index in [1.807, 2.05) is 18.2 Å². The van der Waals surface area contributed by atoms with Crippen LogP contribution in [0.15, 0.2) is 23.2 Å². The fourth-order valence-corrected chi connectivity index (χ4v) is 2.34. The maximum Gasteiger partial charge on any atom is 0.193 e. The third-order valence-electron chi connectivity index (χ3n) is 4.03. The molecule has 1 aliphatic rings. The summed E-state index contributed by atoms with van der Waals surface area (Å²) in [6.45, 7) is 1.51. The van der Waals surface area contributed by atoms with Gasteiger partial charge in [-0.2, -0.15) is 0 Å². The van der Waals surface area contributed by atoms with Gasteiger partial charge in [0.1, 0.15) is 0 Å². The van der Waals surface area contributed by atoms with Gasteiger partial charge in [0.15, 0.2) is 17.5 Å². The van der Waals surface area contributed by atoms with Gasteiger partial charge in [-0.15, -0.1) is 24.0 Å². The van der Waals surface area contributed by atoms with Crippen molar-refractivity contribution in [2.24, 2.45) is 16.1 Å². The Morgan fingerprint density at radius 3 is 2.48 bits per heavy atom. The summed E-state index contributed by atoms with van der Waals surface area (Å²) >= 11 is 0. The molecular weight excluding hydrogens is 409 g/mol. The number of hydrogen-bond donors (Lipinski definition) is 2. The van der Waals surface area contributed by atoms with Crippen molar-refractivity contribution in [2.75, 3.05) is 39.8 Å². The molecule has 1 fully saturated rings. The summed E-state index contributed by atoms with van der Waals surface area (Å²) in [5.74, 6) is 1.75. The molecule has 6 nitrogen and oxygen atoms in total. The first-order valence-corrected chi connectivity index (χ1v) is 7.40. The first-order chi connectivity index (χ1) is 10.6. The molecule has 0 atom stereocenters. The lowest BCUT2D eigenvalue weighted by atomic mass is 10.0. The van der Waals surface area contributed by atoms with Crippen LogP contribution in [-0.2, 0) is 4.74 Å². The van der Waals surface area contributed by atoms with Crippen molar-refractivity contribution >= 4 is 35.6 Å². The van der Waals surface area contributed by atoms with Gasteiger partial charge in [-0.25, -0.2) is 0 Å². The van der Waals surface area contributed by atoms with Crippen LogP contribution >= 0.6 is 24.0 Å². The van der Waals surface area contributed by atoms with Crippen molar-refractivity contribution in [3.8, 4) is 11.5 Å². The zero-order valence-electron chi connectivity index (χ0n) is 13.9. The van der Waals surface area contributed by atoms with Crippen molar-refractivity contribution in [3.63, 3.8) is 0 Å². The van der Waals surface area contributed by atoms with E-state index in [4.69, 9.17) is 19.9 Å². The minimum atomic E-state index is 0. The highest BCUT2D eigenvalue weighted by Crippen LogP contribution is 2.48. The number of anilines is 1. The van der Waals surface area contributed by atoms with Crippen LogP contribution in [-0.4, -0.2) is 40.4 Å². The standard InChI is InChI=1S/C16H25N3O3.HI/c1-20-9-8-16(6-7-16)11-18-15(17)19-12-4-5-13(21-2)14(10-12)22-3;/h4-5,10H,6-9,11H2,1-3H3,(H3,17,18,19);1H. The van der Waals surface area contributed by atoms with Crippen molar-refractivity contribution in [3.05, 3.63) is 18.2 Å². The van der Waals surface area contributed by atoms with Crippen LogP contribution in [0.4, 0.5) is 5.69 Å². The van der Waals surface area contributed by atoms with Crippen molar-refractivity contribution < 1.29 is 14.2 Å². The Bertz CT molecular complexity index is 533. The number of aliphatic imine (C=N–C) groups is 1. The van der Waals surface area contributed by atoms with Crippen LogP contribution in [0.3, 0.4) is 0 Å². The van der Waals surface area contributed by atoms with Gasteiger partial charge in [0.05, 0.1) is 14.2 Å². The van der Waals surface area contributed by atoms with Crippen LogP contribution in [0, 0.1) is 5.41 Å².